The molecule has 6 heteroatoms. The van der Waals surface area contributed by atoms with Crippen LogP contribution in [-0.2, 0) is 4.74 Å². The summed E-state index contributed by atoms with van der Waals surface area (Å²) in [5, 5.41) is 0. The van der Waals surface area contributed by atoms with E-state index in [4.69, 9.17) is 9.15 Å². The Balaban J connectivity index is 2.41. The van der Waals surface area contributed by atoms with Crippen molar-refractivity contribution in [1.29, 1.82) is 0 Å². The highest BCUT2D eigenvalue weighted by Crippen LogP contribution is 2.22. The molecule has 5 nitrogen and oxygen atoms in total. The number of rotatable bonds is 3. The molecule has 2 heterocycles. The number of oxazole rings is 1. The van der Waals surface area contributed by atoms with Gasteiger partial charge in [-0.1, -0.05) is 0 Å². The van der Waals surface area contributed by atoms with Crippen molar-refractivity contribution < 1.29 is 18.3 Å². The Labute approximate surface area is 103 Å². The van der Waals surface area contributed by atoms with Gasteiger partial charge in [-0.25, -0.2) is 19.2 Å². The highest BCUT2D eigenvalue weighted by atomic mass is 19.1. The topological polar surface area (TPSA) is 65.2 Å². The van der Waals surface area contributed by atoms with Crippen molar-refractivity contribution in [2.45, 2.75) is 13.8 Å². The fourth-order valence-corrected chi connectivity index (χ4v) is 1.43. The third-order valence-electron chi connectivity index (χ3n) is 2.23. The number of esters is 1. The lowest BCUT2D eigenvalue weighted by molar-refractivity contribution is 0.0518. The average molecular weight is 250 g/mol. The van der Waals surface area contributed by atoms with Gasteiger partial charge >= 0.3 is 5.97 Å². The summed E-state index contributed by atoms with van der Waals surface area (Å²) in [6.07, 6.45) is 1.42. The molecule has 2 rings (SSSR count). The molecule has 2 aromatic heterocycles. The zero-order valence-electron chi connectivity index (χ0n) is 9.94. The van der Waals surface area contributed by atoms with E-state index < -0.39 is 11.8 Å². The number of ether oxygens (including phenoxy) is 1. The molecule has 0 aliphatic carbocycles. The Hall–Kier alpha value is -2.24. The van der Waals surface area contributed by atoms with E-state index in [0.29, 0.717) is 0 Å². The SMILES string of the molecule is CCOC(=O)c1nc(-c2ncccc2F)oc1C. The number of carbonyl (C=O) groups excluding carboxylic acids is 1. The second kappa shape index (κ2) is 4.95. The molecule has 0 aliphatic rings. The predicted octanol–water partition coefficient (Wildman–Crippen LogP) is 2.36. The summed E-state index contributed by atoms with van der Waals surface area (Å²) >= 11 is 0. The first kappa shape index (κ1) is 12.2. The number of halogens is 1. The van der Waals surface area contributed by atoms with Crippen LogP contribution >= 0.6 is 0 Å². The monoisotopic (exact) mass is 250 g/mol. The van der Waals surface area contributed by atoms with Gasteiger partial charge in [0.1, 0.15) is 5.76 Å². The lowest BCUT2D eigenvalue weighted by atomic mass is 10.3. The van der Waals surface area contributed by atoms with Gasteiger partial charge in [0.25, 0.3) is 0 Å². The van der Waals surface area contributed by atoms with Crippen molar-refractivity contribution in [2.75, 3.05) is 6.61 Å². The summed E-state index contributed by atoms with van der Waals surface area (Å²) in [6, 6.07) is 2.70. The zero-order valence-corrected chi connectivity index (χ0v) is 9.94. The molecule has 0 saturated heterocycles. The number of aryl methyl sites for hydroxylation is 1. The summed E-state index contributed by atoms with van der Waals surface area (Å²) < 4.78 is 23.5. The van der Waals surface area contributed by atoms with Gasteiger partial charge in [0, 0.05) is 6.20 Å². The summed E-state index contributed by atoms with van der Waals surface area (Å²) in [5.74, 6) is -0.919. The molecule has 0 amide bonds. The molecule has 0 radical (unpaired) electrons. The van der Waals surface area contributed by atoms with E-state index in [1.165, 1.54) is 18.3 Å². The smallest absolute Gasteiger partial charge is 0.360 e. The van der Waals surface area contributed by atoms with Crippen LogP contribution in [0.15, 0.2) is 22.7 Å². The van der Waals surface area contributed by atoms with Gasteiger partial charge in [-0.3, -0.25) is 0 Å². The lowest BCUT2D eigenvalue weighted by Crippen LogP contribution is -2.06. The molecule has 0 aliphatic heterocycles. The second-order valence-electron chi connectivity index (χ2n) is 3.48. The highest BCUT2D eigenvalue weighted by Gasteiger charge is 2.21. The summed E-state index contributed by atoms with van der Waals surface area (Å²) in [6.45, 7) is 3.48. The lowest BCUT2D eigenvalue weighted by Gasteiger charge is -1.96. The Morgan fingerprint density at radius 1 is 1.56 bits per heavy atom. The normalized spacial score (nSPS) is 10.4. The van der Waals surface area contributed by atoms with Crippen LogP contribution < -0.4 is 0 Å². The average Bonchev–Trinajstić information content (AvgIpc) is 2.72. The van der Waals surface area contributed by atoms with Gasteiger partial charge in [0.2, 0.25) is 5.89 Å². The van der Waals surface area contributed by atoms with Gasteiger partial charge in [-0.15, -0.1) is 0 Å². The molecule has 18 heavy (non-hydrogen) atoms. The largest absolute Gasteiger partial charge is 0.461 e. The van der Waals surface area contributed by atoms with E-state index in [0.717, 1.165) is 0 Å². The minimum atomic E-state index is -0.596. The maximum Gasteiger partial charge on any atom is 0.360 e. The first-order valence-electron chi connectivity index (χ1n) is 5.39. The van der Waals surface area contributed by atoms with Gasteiger partial charge < -0.3 is 9.15 Å². The minimum Gasteiger partial charge on any atom is -0.461 e. The molecule has 94 valence electrons. The van der Waals surface area contributed by atoms with Crippen LogP contribution in [-0.4, -0.2) is 22.5 Å². The maximum absolute atomic E-state index is 13.5. The molecule has 2 aromatic rings. The van der Waals surface area contributed by atoms with Gasteiger partial charge in [-0.05, 0) is 26.0 Å². The van der Waals surface area contributed by atoms with Crippen LogP contribution in [0, 0.1) is 12.7 Å². The van der Waals surface area contributed by atoms with E-state index in [2.05, 4.69) is 9.97 Å². The van der Waals surface area contributed by atoms with Gasteiger partial charge in [0.05, 0.1) is 6.61 Å². The van der Waals surface area contributed by atoms with Crippen molar-refractivity contribution in [3.8, 4) is 11.6 Å². The third kappa shape index (κ3) is 2.22. The maximum atomic E-state index is 13.5. The third-order valence-corrected chi connectivity index (χ3v) is 2.23. The molecule has 0 aromatic carbocycles. The molecule has 0 unspecified atom stereocenters. The molecule has 0 fully saturated rings. The molecular weight excluding hydrogens is 239 g/mol. The second-order valence-corrected chi connectivity index (χ2v) is 3.48. The Kier molecular flexibility index (Phi) is 3.36. The fourth-order valence-electron chi connectivity index (χ4n) is 1.43. The van der Waals surface area contributed by atoms with Crippen LogP contribution in [0.2, 0.25) is 0 Å². The Bertz CT molecular complexity index is 580. The van der Waals surface area contributed by atoms with Crippen LogP contribution in [0.1, 0.15) is 23.2 Å². The van der Waals surface area contributed by atoms with Crippen LogP contribution in [0.4, 0.5) is 4.39 Å². The zero-order chi connectivity index (χ0) is 13.1. The molecular formula is C12H11FN2O3. The standard InChI is InChI=1S/C12H11FN2O3/c1-3-17-12(16)9-7(2)18-11(15-9)10-8(13)5-4-6-14-10/h4-6H,3H2,1-2H3. The number of nitrogens with zero attached hydrogens (tertiary/aromatic N) is 2. The van der Waals surface area contributed by atoms with Crippen molar-refractivity contribution in [2.24, 2.45) is 0 Å². The van der Waals surface area contributed by atoms with E-state index in [1.54, 1.807) is 13.8 Å². The first-order chi connectivity index (χ1) is 8.63. The molecule has 0 atom stereocenters. The highest BCUT2D eigenvalue weighted by molar-refractivity contribution is 5.88. The molecule has 0 saturated carbocycles. The van der Waals surface area contributed by atoms with Gasteiger partial charge in [0.15, 0.2) is 17.2 Å². The summed E-state index contributed by atoms with van der Waals surface area (Å²) in [7, 11) is 0. The fraction of sp³-hybridized carbons (Fsp3) is 0.250. The van der Waals surface area contributed by atoms with E-state index in [-0.39, 0.29) is 29.6 Å². The number of hydrogen-bond acceptors (Lipinski definition) is 5. The van der Waals surface area contributed by atoms with E-state index in [9.17, 15) is 9.18 Å². The predicted molar refractivity (Wildman–Crippen MR) is 60.4 cm³/mol. The first-order valence-corrected chi connectivity index (χ1v) is 5.39. The number of aromatic nitrogens is 2. The van der Waals surface area contributed by atoms with Crippen LogP contribution in [0.5, 0.6) is 0 Å². The van der Waals surface area contributed by atoms with Crippen molar-refractivity contribution >= 4 is 5.97 Å². The number of hydrogen-bond donors (Lipinski definition) is 0. The van der Waals surface area contributed by atoms with Crippen molar-refractivity contribution in [3.05, 3.63) is 35.6 Å². The number of pyridine rings is 1. The molecule has 0 spiro atoms. The minimum absolute atomic E-state index is 0.0313. The van der Waals surface area contributed by atoms with Gasteiger partial charge in [-0.2, -0.15) is 0 Å². The Morgan fingerprint density at radius 2 is 2.33 bits per heavy atom. The Morgan fingerprint density at radius 3 is 3.00 bits per heavy atom. The van der Waals surface area contributed by atoms with Crippen molar-refractivity contribution in [3.63, 3.8) is 0 Å². The molecule has 0 bridgehead atoms. The van der Waals surface area contributed by atoms with Crippen molar-refractivity contribution in [1.82, 2.24) is 9.97 Å². The van der Waals surface area contributed by atoms with Crippen LogP contribution in [0.3, 0.4) is 0 Å². The summed E-state index contributed by atoms with van der Waals surface area (Å²) in [4.78, 5) is 19.3. The number of carbonyl (C=O) groups is 1. The quantitative estimate of drug-likeness (QED) is 0.782. The van der Waals surface area contributed by atoms with E-state index in [1.807, 2.05) is 0 Å². The summed E-state index contributed by atoms with van der Waals surface area (Å²) in [5.41, 5.74) is 0.00746. The molecule has 0 N–H and O–H groups in total. The van der Waals surface area contributed by atoms with Crippen LogP contribution in [0.25, 0.3) is 11.6 Å². The van der Waals surface area contributed by atoms with E-state index >= 15 is 0 Å².